The molecule has 1 heterocycles. The van der Waals surface area contributed by atoms with E-state index in [0.717, 1.165) is 17.0 Å². The molecule has 0 unspecified atom stereocenters. The normalized spacial score (nSPS) is 9.94. The molecule has 1 aromatic carbocycles. The summed E-state index contributed by atoms with van der Waals surface area (Å²) in [5.41, 5.74) is 1.65. The average molecular weight is 292 g/mol. The van der Waals surface area contributed by atoms with E-state index in [-0.39, 0.29) is 0 Å². The highest BCUT2D eigenvalue weighted by Gasteiger charge is 2.12. The number of aromatic nitrogens is 2. The van der Waals surface area contributed by atoms with Crippen LogP contribution in [-0.4, -0.2) is 17.1 Å². The van der Waals surface area contributed by atoms with E-state index in [4.69, 9.17) is 10.00 Å². The average Bonchev–Trinajstić information content (AvgIpc) is 2.71. The van der Waals surface area contributed by atoms with Gasteiger partial charge in [0.1, 0.15) is 16.2 Å². The fraction of sp³-hybridized carbons (Fsp3) is 0.167. The van der Waals surface area contributed by atoms with Crippen molar-refractivity contribution < 1.29 is 4.74 Å². The Morgan fingerprint density at radius 3 is 2.94 bits per heavy atom. The van der Waals surface area contributed by atoms with Crippen LogP contribution in [0.1, 0.15) is 5.69 Å². The van der Waals surface area contributed by atoms with Crippen LogP contribution in [0.15, 0.2) is 28.9 Å². The quantitative estimate of drug-likeness (QED) is 0.946. The maximum absolute atomic E-state index is 8.68. The second-order valence-corrected chi connectivity index (χ2v) is 4.14. The SMILES string of the molecule is COc1ccccc1-c1nc(Br)c(CC#N)[nH]1. The lowest BCUT2D eigenvalue weighted by atomic mass is 10.2. The smallest absolute Gasteiger partial charge is 0.142 e. The molecule has 2 rings (SSSR count). The minimum Gasteiger partial charge on any atom is -0.496 e. The lowest BCUT2D eigenvalue weighted by Gasteiger charge is -2.04. The van der Waals surface area contributed by atoms with Crippen molar-refractivity contribution >= 4 is 15.9 Å². The van der Waals surface area contributed by atoms with Crippen molar-refractivity contribution in [2.75, 3.05) is 7.11 Å². The van der Waals surface area contributed by atoms with Gasteiger partial charge in [-0.05, 0) is 28.1 Å². The first kappa shape index (κ1) is 11.7. The van der Waals surface area contributed by atoms with Gasteiger partial charge in [-0.2, -0.15) is 5.26 Å². The molecule has 0 aliphatic heterocycles. The van der Waals surface area contributed by atoms with Gasteiger partial charge in [0.05, 0.1) is 30.9 Å². The lowest BCUT2D eigenvalue weighted by molar-refractivity contribution is 0.416. The second-order valence-electron chi connectivity index (χ2n) is 3.39. The molecule has 0 amide bonds. The molecule has 86 valence electrons. The van der Waals surface area contributed by atoms with Crippen LogP contribution in [0.3, 0.4) is 0 Å². The number of H-pyrrole nitrogens is 1. The highest BCUT2D eigenvalue weighted by atomic mass is 79.9. The fourth-order valence-corrected chi connectivity index (χ4v) is 1.97. The first-order chi connectivity index (χ1) is 8.26. The minimum absolute atomic E-state index is 0.294. The summed E-state index contributed by atoms with van der Waals surface area (Å²) in [5.74, 6) is 1.44. The summed E-state index contributed by atoms with van der Waals surface area (Å²) in [5, 5.41) is 8.68. The molecule has 1 aromatic heterocycles. The van der Waals surface area contributed by atoms with Gasteiger partial charge in [0.2, 0.25) is 0 Å². The first-order valence-electron chi connectivity index (χ1n) is 5.01. The second kappa shape index (κ2) is 5.02. The molecule has 2 aromatic rings. The van der Waals surface area contributed by atoms with E-state index in [0.29, 0.717) is 16.8 Å². The standard InChI is InChI=1S/C12H10BrN3O/c1-17-10-5-3-2-4-8(10)12-15-9(6-7-14)11(13)16-12/h2-5H,6H2,1H3,(H,15,16). The number of nitrogens with one attached hydrogen (secondary N) is 1. The van der Waals surface area contributed by atoms with Gasteiger partial charge in [0.15, 0.2) is 0 Å². The lowest BCUT2D eigenvalue weighted by Crippen LogP contribution is -1.89. The predicted molar refractivity (Wildman–Crippen MR) is 67.6 cm³/mol. The van der Waals surface area contributed by atoms with E-state index in [1.807, 2.05) is 24.3 Å². The zero-order valence-electron chi connectivity index (χ0n) is 9.20. The van der Waals surface area contributed by atoms with Crippen molar-refractivity contribution in [1.82, 2.24) is 9.97 Å². The number of ether oxygens (including phenoxy) is 1. The molecule has 1 N–H and O–H groups in total. The zero-order chi connectivity index (χ0) is 12.3. The fourth-order valence-electron chi connectivity index (χ4n) is 1.55. The van der Waals surface area contributed by atoms with Crippen molar-refractivity contribution in [1.29, 1.82) is 5.26 Å². The number of methoxy groups -OCH3 is 1. The van der Waals surface area contributed by atoms with E-state index < -0.39 is 0 Å². The Hall–Kier alpha value is -1.80. The van der Waals surface area contributed by atoms with Crippen LogP contribution in [0, 0.1) is 11.3 Å². The Bertz CT molecular complexity index is 571. The number of imidazole rings is 1. The molecule has 0 radical (unpaired) electrons. The molecule has 4 nitrogen and oxygen atoms in total. The molecule has 0 saturated heterocycles. The van der Waals surface area contributed by atoms with Gasteiger partial charge in [0, 0.05) is 0 Å². The molecular weight excluding hydrogens is 282 g/mol. The molecule has 17 heavy (non-hydrogen) atoms. The van der Waals surface area contributed by atoms with E-state index in [9.17, 15) is 0 Å². The zero-order valence-corrected chi connectivity index (χ0v) is 10.8. The Morgan fingerprint density at radius 2 is 2.24 bits per heavy atom. The molecule has 0 bridgehead atoms. The molecule has 0 spiro atoms. The number of hydrogen-bond donors (Lipinski definition) is 1. The highest BCUT2D eigenvalue weighted by molar-refractivity contribution is 9.10. The largest absolute Gasteiger partial charge is 0.496 e. The van der Waals surface area contributed by atoms with Crippen molar-refractivity contribution in [2.24, 2.45) is 0 Å². The molecule has 0 aliphatic carbocycles. The predicted octanol–water partition coefficient (Wildman–Crippen LogP) is 2.91. The summed E-state index contributed by atoms with van der Waals surface area (Å²) >= 11 is 3.33. The van der Waals surface area contributed by atoms with Gasteiger partial charge in [-0.3, -0.25) is 0 Å². The third-order valence-electron chi connectivity index (χ3n) is 2.35. The van der Waals surface area contributed by atoms with Crippen molar-refractivity contribution in [3.05, 3.63) is 34.6 Å². The summed E-state index contributed by atoms with van der Waals surface area (Å²) < 4.78 is 5.94. The van der Waals surface area contributed by atoms with Gasteiger partial charge in [-0.25, -0.2) is 4.98 Å². The summed E-state index contributed by atoms with van der Waals surface area (Å²) in [6.45, 7) is 0. The number of halogens is 1. The Balaban J connectivity index is 2.47. The monoisotopic (exact) mass is 291 g/mol. The topological polar surface area (TPSA) is 61.7 Å². The third kappa shape index (κ3) is 2.32. The van der Waals surface area contributed by atoms with Gasteiger partial charge in [-0.15, -0.1) is 0 Å². The number of para-hydroxylation sites is 1. The van der Waals surface area contributed by atoms with Gasteiger partial charge in [-0.1, -0.05) is 12.1 Å². The van der Waals surface area contributed by atoms with Crippen LogP contribution in [0.5, 0.6) is 5.75 Å². The van der Waals surface area contributed by atoms with Crippen LogP contribution in [-0.2, 0) is 6.42 Å². The molecule has 0 aliphatic rings. The van der Waals surface area contributed by atoms with E-state index in [1.54, 1.807) is 7.11 Å². The van der Waals surface area contributed by atoms with Crippen LogP contribution >= 0.6 is 15.9 Å². The molecule has 0 atom stereocenters. The van der Waals surface area contributed by atoms with E-state index in [1.165, 1.54) is 0 Å². The van der Waals surface area contributed by atoms with E-state index in [2.05, 4.69) is 32.0 Å². The Labute approximate surface area is 107 Å². The Morgan fingerprint density at radius 1 is 1.47 bits per heavy atom. The summed E-state index contributed by atoms with van der Waals surface area (Å²) in [6, 6.07) is 9.69. The summed E-state index contributed by atoms with van der Waals surface area (Å²) in [7, 11) is 1.62. The molecule has 5 heteroatoms. The number of benzene rings is 1. The van der Waals surface area contributed by atoms with Gasteiger partial charge >= 0.3 is 0 Å². The number of rotatable bonds is 3. The maximum atomic E-state index is 8.68. The minimum atomic E-state index is 0.294. The summed E-state index contributed by atoms with van der Waals surface area (Å²) in [4.78, 5) is 7.45. The van der Waals surface area contributed by atoms with Crippen molar-refractivity contribution in [3.63, 3.8) is 0 Å². The highest BCUT2D eigenvalue weighted by Crippen LogP contribution is 2.29. The van der Waals surface area contributed by atoms with Crippen LogP contribution < -0.4 is 4.74 Å². The van der Waals surface area contributed by atoms with E-state index >= 15 is 0 Å². The maximum Gasteiger partial charge on any atom is 0.142 e. The molecular formula is C12H10BrN3O. The number of hydrogen-bond acceptors (Lipinski definition) is 3. The number of aromatic amines is 1. The number of nitriles is 1. The Kier molecular flexibility index (Phi) is 3.45. The van der Waals surface area contributed by atoms with Crippen LogP contribution in [0.25, 0.3) is 11.4 Å². The van der Waals surface area contributed by atoms with Crippen LogP contribution in [0.2, 0.25) is 0 Å². The molecule has 0 saturated carbocycles. The van der Waals surface area contributed by atoms with Crippen LogP contribution in [0.4, 0.5) is 0 Å². The van der Waals surface area contributed by atoms with Gasteiger partial charge in [0.25, 0.3) is 0 Å². The first-order valence-corrected chi connectivity index (χ1v) is 5.80. The number of nitrogens with zero attached hydrogens (tertiary/aromatic N) is 2. The summed E-state index contributed by atoms with van der Waals surface area (Å²) in [6.07, 6.45) is 0.294. The van der Waals surface area contributed by atoms with Crippen molar-refractivity contribution in [2.45, 2.75) is 6.42 Å². The third-order valence-corrected chi connectivity index (χ3v) is 3.00. The van der Waals surface area contributed by atoms with Gasteiger partial charge < -0.3 is 9.72 Å². The molecule has 0 fully saturated rings. The van der Waals surface area contributed by atoms with Crippen molar-refractivity contribution in [3.8, 4) is 23.2 Å².